The van der Waals surface area contributed by atoms with Crippen LogP contribution in [-0.2, 0) is 18.3 Å². The van der Waals surface area contributed by atoms with Crippen molar-refractivity contribution >= 4 is 34.4 Å². The second-order valence-electron chi connectivity index (χ2n) is 10.0. The fourth-order valence-corrected chi connectivity index (χ4v) is 4.21. The number of nitrogens with one attached hydrogen (secondary N) is 1. The lowest BCUT2D eigenvalue weighted by molar-refractivity contribution is 0.0240. The van der Waals surface area contributed by atoms with Crippen LogP contribution in [0.1, 0.15) is 26.3 Å². The molecule has 5 rings (SSSR count). The number of rotatable bonds is 5. The predicted molar refractivity (Wildman–Crippen MR) is 137 cm³/mol. The van der Waals surface area contributed by atoms with Crippen molar-refractivity contribution in [2.75, 3.05) is 36.4 Å². The number of halogens is 1. The smallest absolute Gasteiger partial charge is 0.410 e. The lowest BCUT2D eigenvalue weighted by Gasteiger charge is -2.37. The molecule has 11 nitrogen and oxygen atoms in total. The molecule has 1 aromatic carbocycles. The molecule has 3 aromatic heterocycles. The van der Waals surface area contributed by atoms with Crippen molar-refractivity contribution in [2.45, 2.75) is 32.9 Å². The summed E-state index contributed by atoms with van der Waals surface area (Å²) in [5.74, 6) is 0.0963. The van der Waals surface area contributed by atoms with Crippen molar-refractivity contribution in [1.82, 2.24) is 34.4 Å². The molecule has 0 bridgehead atoms. The Morgan fingerprint density at radius 3 is 2.59 bits per heavy atom. The van der Waals surface area contributed by atoms with E-state index in [4.69, 9.17) is 4.74 Å². The largest absolute Gasteiger partial charge is 0.444 e. The van der Waals surface area contributed by atoms with E-state index in [9.17, 15) is 4.79 Å². The molecule has 37 heavy (non-hydrogen) atoms. The molecule has 4 heterocycles. The van der Waals surface area contributed by atoms with Crippen molar-refractivity contribution in [2.24, 2.45) is 7.05 Å². The molecule has 1 aliphatic heterocycles. The van der Waals surface area contributed by atoms with Crippen LogP contribution < -0.4 is 10.2 Å². The van der Waals surface area contributed by atoms with Crippen LogP contribution in [0.5, 0.6) is 0 Å². The van der Waals surface area contributed by atoms with Crippen molar-refractivity contribution in [3.63, 3.8) is 0 Å². The minimum atomic E-state index is -0.550. The topological polar surface area (TPSA) is 106 Å². The first kappa shape index (κ1) is 24.5. The normalized spacial score (nSPS) is 14.3. The highest BCUT2D eigenvalue weighted by molar-refractivity contribution is 5.75. The average Bonchev–Trinajstić information content (AvgIpc) is 3.45. The van der Waals surface area contributed by atoms with Gasteiger partial charge in [0.25, 0.3) is 0 Å². The number of aryl methyl sites for hydroxylation is 1. The zero-order chi connectivity index (χ0) is 26.2. The molecule has 0 aliphatic carbocycles. The summed E-state index contributed by atoms with van der Waals surface area (Å²) in [7, 11) is 1.83. The van der Waals surface area contributed by atoms with E-state index in [1.807, 2.05) is 45.0 Å². The molecule has 0 radical (unpaired) electrons. The van der Waals surface area contributed by atoms with E-state index < -0.39 is 5.60 Å². The molecule has 194 valence electrons. The van der Waals surface area contributed by atoms with Gasteiger partial charge in [0.1, 0.15) is 5.60 Å². The molecule has 1 amide bonds. The molecular formula is C25H30FN9O2. The predicted octanol–water partition coefficient (Wildman–Crippen LogP) is 3.55. The van der Waals surface area contributed by atoms with Crippen LogP contribution in [0.2, 0.25) is 0 Å². The number of nitrogens with zero attached hydrogens (tertiary/aromatic N) is 8. The molecule has 1 fully saturated rings. The van der Waals surface area contributed by atoms with Gasteiger partial charge in [0, 0.05) is 51.2 Å². The van der Waals surface area contributed by atoms with Gasteiger partial charge >= 0.3 is 6.09 Å². The monoisotopic (exact) mass is 507 g/mol. The third-order valence-corrected chi connectivity index (χ3v) is 5.99. The first-order valence-corrected chi connectivity index (χ1v) is 12.1. The van der Waals surface area contributed by atoms with Crippen molar-refractivity contribution < 1.29 is 13.9 Å². The molecular weight excluding hydrogens is 477 g/mol. The van der Waals surface area contributed by atoms with E-state index in [-0.39, 0.29) is 18.5 Å². The number of anilines is 3. The molecule has 0 saturated carbocycles. The van der Waals surface area contributed by atoms with Crippen LogP contribution in [0.15, 0.2) is 43.0 Å². The lowest BCUT2D eigenvalue weighted by Crippen LogP contribution is -2.50. The number of hydrogen-bond acceptors (Lipinski definition) is 8. The van der Waals surface area contributed by atoms with E-state index in [0.29, 0.717) is 49.0 Å². The molecule has 4 aromatic rings. The van der Waals surface area contributed by atoms with Gasteiger partial charge in [0.2, 0.25) is 5.95 Å². The number of piperazine rings is 1. The van der Waals surface area contributed by atoms with E-state index in [1.165, 1.54) is 0 Å². The van der Waals surface area contributed by atoms with Gasteiger partial charge in [-0.25, -0.2) is 18.9 Å². The van der Waals surface area contributed by atoms with Crippen molar-refractivity contribution in [3.05, 3.63) is 54.4 Å². The Morgan fingerprint density at radius 1 is 1.11 bits per heavy atom. The minimum Gasteiger partial charge on any atom is -0.444 e. The first-order chi connectivity index (χ1) is 17.7. The highest BCUT2D eigenvalue weighted by Crippen LogP contribution is 2.26. The Labute approximate surface area is 213 Å². The lowest BCUT2D eigenvalue weighted by atomic mass is 10.1. The zero-order valence-electron chi connectivity index (χ0n) is 21.3. The molecule has 1 aliphatic rings. The van der Waals surface area contributed by atoms with Crippen LogP contribution in [0.25, 0.3) is 11.0 Å². The van der Waals surface area contributed by atoms with E-state index in [2.05, 4.69) is 25.5 Å². The Balaban J connectivity index is 1.30. The highest BCUT2D eigenvalue weighted by atomic mass is 19.1. The second-order valence-corrected chi connectivity index (χ2v) is 10.0. The number of amides is 1. The van der Waals surface area contributed by atoms with E-state index in [0.717, 1.165) is 11.1 Å². The number of carbonyl (C=O) groups is 1. The van der Waals surface area contributed by atoms with Gasteiger partial charge in [-0.15, -0.1) is 0 Å². The fraction of sp³-hybridized carbons (Fsp3) is 0.400. The zero-order valence-corrected chi connectivity index (χ0v) is 21.3. The van der Waals surface area contributed by atoms with Gasteiger partial charge in [-0.3, -0.25) is 4.68 Å². The minimum absolute atomic E-state index is 0.213. The summed E-state index contributed by atoms with van der Waals surface area (Å²) in [6, 6.07) is 5.35. The number of fused-ring (bicyclic) bond motifs is 1. The van der Waals surface area contributed by atoms with Crippen LogP contribution in [0.3, 0.4) is 0 Å². The maximum Gasteiger partial charge on any atom is 0.410 e. The third kappa shape index (κ3) is 5.47. The number of carbonyl (C=O) groups excluding carboxylic acids is 1. The summed E-state index contributed by atoms with van der Waals surface area (Å²) in [5.41, 5.74) is 1.81. The highest BCUT2D eigenvalue weighted by Gasteiger charge is 2.27. The summed E-state index contributed by atoms with van der Waals surface area (Å²) >= 11 is 0. The van der Waals surface area contributed by atoms with Crippen LogP contribution in [-0.4, -0.2) is 72.3 Å². The van der Waals surface area contributed by atoms with Crippen molar-refractivity contribution in [1.29, 1.82) is 0 Å². The Kier molecular flexibility index (Phi) is 6.40. The SMILES string of the molecule is Cn1cc(Nc2ncc3cnn(Cc4cccc(N5CCN(C(=O)OC(C)(C)C)CC5)c4F)c3n2)cn1. The van der Waals surface area contributed by atoms with Gasteiger partial charge in [0.15, 0.2) is 11.5 Å². The average molecular weight is 508 g/mol. The quantitative estimate of drug-likeness (QED) is 0.437. The first-order valence-electron chi connectivity index (χ1n) is 12.1. The number of ether oxygens (including phenoxy) is 1. The van der Waals surface area contributed by atoms with Gasteiger partial charge in [-0.2, -0.15) is 15.2 Å². The Hall–Kier alpha value is -4.22. The summed E-state index contributed by atoms with van der Waals surface area (Å²) < 4.78 is 24.5. The Bertz CT molecular complexity index is 1420. The summed E-state index contributed by atoms with van der Waals surface area (Å²) in [6.45, 7) is 7.70. The number of hydrogen-bond donors (Lipinski definition) is 1. The molecule has 1 saturated heterocycles. The number of benzene rings is 1. The molecule has 0 atom stereocenters. The van der Waals surface area contributed by atoms with Crippen molar-refractivity contribution in [3.8, 4) is 0 Å². The fourth-order valence-electron chi connectivity index (χ4n) is 4.21. The van der Waals surface area contributed by atoms with E-state index in [1.54, 1.807) is 45.0 Å². The molecule has 0 spiro atoms. The molecule has 0 unspecified atom stereocenters. The standard InChI is InChI=1S/C25H30FN9O2/c1-25(2,3)37-24(36)34-10-8-33(9-11-34)20-7-5-6-17(21(20)26)15-35-22-18(13-29-35)12-27-23(31-22)30-19-14-28-32(4)16-19/h5-7,12-14,16H,8-11,15H2,1-4H3,(H,27,30,31). The number of aromatic nitrogens is 6. The molecule has 1 N–H and O–H groups in total. The second kappa shape index (κ2) is 9.68. The van der Waals surface area contributed by atoms with Gasteiger partial charge < -0.3 is 19.9 Å². The van der Waals surface area contributed by atoms with Crippen LogP contribution in [0.4, 0.5) is 26.5 Å². The maximum atomic E-state index is 15.7. The van der Waals surface area contributed by atoms with Crippen LogP contribution >= 0.6 is 0 Å². The summed E-state index contributed by atoms with van der Waals surface area (Å²) in [4.78, 5) is 24.9. The van der Waals surface area contributed by atoms with Gasteiger partial charge in [0.05, 0.1) is 35.7 Å². The van der Waals surface area contributed by atoms with E-state index >= 15 is 4.39 Å². The van der Waals surface area contributed by atoms with Gasteiger partial charge in [-0.1, -0.05) is 12.1 Å². The van der Waals surface area contributed by atoms with Gasteiger partial charge in [-0.05, 0) is 26.8 Å². The molecule has 12 heteroatoms. The maximum absolute atomic E-state index is 15.7. The summed E-state index contributed by atoms with van der Waals surface area (Å²) in [6.07, 6.45) is 6.51. The summed E-state index contributed by atoms with van der Waals surface area (Å²) in [5, 5.41) is 12.4. The Morgan fingerprint density at radius 2 is 1.89 bits per heavy atom. The van der Waals surface area contributed by atoms with Crippen LogP contribution in [0, 0.1) is 5.82 Å². The third-order valence-electron chi connectivity index (χ3n) is 5.99.